The number of piperidine rings is 1. The van der Waals surface area contributed by atoms with Crippen LogP contribution in [0, 0.1) is 0 Å². The minimum Gasteiger partial charge on any atom is -0.460 e. The Morgan fingerprint density at radius 3 is 2.88 bits per heavy atom. The van der Waals surface area contributed by atoms with E-state index in [2.05, 4.69) is 15.2 Å². The number of nitrogens with zero attached hydrogens (tertiary/aromatic N) is 2. The molecule has 1 saturated heterocycles. The number of amides is 1. The maximum atomic E-state index is 12.2. The van der Waals surface area contributed by atoms with Gasteiger partial charge in [0.2, 0.25) is 0 Å². The number of hydrogen-bond acceptors (Lipinski definition) is 5. The monoisotopic (exact) mass is 351 g/mol. The number of benzene rings is 1. The molecular weight excluding hydrogens is 330 g/mol. The van der Waals surface area contributed by atoms with Crippen molar-refractivity contribution in [3.63, 3.8) is 0 Å². The molecule has 1 aromatic carbocycles. The molecule has 0 aliphatic carbocycles. The highest BCUT2D eigenvalue weighted by Crippen LogP contribution is 2.21. The lowest BCUT2D eigenvalue weighted by Gasteiger charge is -2.35. The number of aliphatic hydroxyl groups is 1. The van der Waals surface area contributed by atoms with E-state index in [0.29, 0.717) is 25.2 Å². The summed E-state index contributed by atoms with van der Waals surface area (Å²) < 4.78 is 5.85. The molecule has 134 valence electrons. The highest BCUT2D eigenvalue weighted by atomic mass is 16.3. The maximum Gasteiger partial charge on any atom is 0.270 e. The largest absolute Gasteiger partial charge is 0.460 e. The fraction of sp³-hybridized carbons (Fsp3) is 0.300. The lowest BCUT2D eigenvalue weighted by molar-refractivity contribution is 0.0327. The van der Waals surface area contributed by atoms with E-state index in [-0.39, 0.29) is 11.9 Å². The lowest BCUT2D eigenvalue weighted by Crippen LogP contribution is -2.53. The van der Waals surface area contributed by atoms with Crippen LogP contribution >= 0.6 is 0 Å². The number of furan rings is 1. The molecule has 3 aromatic rings. The molecule has 4 rings (SSSR count). The minimum atomic E-state index is -0.624. The summed E-state index contributed by atoms with van der Waals surface area (Å²) in [7, 11) is 0. The summed E-state index contributed by atoms with van der Waals surface area (Å²) in [6.45, 7) is 1.91. The zero-order valence-electron chi connectivity index (χ0n) is 14.3. The SMILES string of the molecule is O=C(N[C@@H]1CCN(Cc2cc3ccccc3o2)C[C@H]1O)c1ccccn1. The summed E-state index contributed by atoms with van der Waals surface area (Å²) in [5.41, 5.74) is 1.24. The molecule has 0 radical (unpaired) electrons. The van der Waals surface area contributed by atoms with Crippen molar-refractivity contribution in [2.24, 2.45) is 0 Å². The van der Waals surface area contributed by atoms with Crippen LogP contribution in [-0.4, -0.2) is 46.1 Å². The third kappa shape index (κ3) is 3.61. The van der Waals surface area contributed by atoms with E-state index in [1.165, 1.54) is 0 Å². The number of β-amino-alcohol motifs (C(OH)–C–C–N with tert-alkyl or cyclic N) is 1. The van der Waals surface area contributed by atoms with Gasteiger partial charge in [-0.25, -0.2) is 0 Å². The van der Waals surface area contributed by atoms with Gasteiger partial charge in [0, 0.05) is 24.7 Å². The summed E-state index contributed by atoms with van der Waals surface area (Å²) in [5.74, 6) is 0.634. The normalized spacial score (nSPS) is 21.0. The lowest BCUT2D eigenvalue weighted by atomic mass is 10.0. The summed E-state index contributed by atoms with van der Waals surface area (Å²) in [5, 5.41) is 14.4. The minimum absolute atomic E-state index is 0.250. The Bertz CT molecular complexity index is 860. The number of fused-ring (bicyclic) bond motifs is 1. The van der Waals surface area contributed by atoms with Gasteiger partial charge in [-0.3, -0.25) is 14.7 Å². The second-order valence-electron chi connectivity index (χ2n) is 6.64. The standard InChI is InChI=1S/C20H21N3O3/c24-18-13-23(12-15-11-14-5-1-2-7-19(14)26-15)10-8-16(18)22-20(25)17-6-3-4-9-21-17/h1-7,9,11,16,18,24H,8,10,12-13H2,(H,22,25)/t16-,18-/m1/s1. The van der Waals surface area contributed by atoms with E-state index >= 15 is 0 Å². The van der Waals surface area contributed by atoms with E-state index in [9.17, 15) is 9.90 Å². The van der Waals surface area contributed by atoms with Crippen LogP contribution in [0.25, 0.3) is 11.0 Å². The Morgan fingerprint density at radius 1 is 1.27 bits per heavy atom. The Hall–Kier alpha value is -2.70. The maximum absolute atomic E-state index is 12.2. The molecule has 1 amide bonds. The number of para-hydroxylation sites is 1. The van der Waals surface area contributed by atoms with Gasteiger partial charge in [-0.05, 0) is 30.7 Å². The van der Waals surface area contributed by atoms with Gasteiger partial charge < -0.3 is 14.8 Å². The molecule has 6 heteroatoms. The molecule has 3 heterocycles. The van der Waals surface area contributed by atoms with Gasteiger partial charge in [-0.2, -0.15) is 0 Å². The van der Waals surface area contributed by atoms with Crippen LogP contribution in [0.15, 0.2) is 59.1 Å². The highest BCUT2D eigenvalue weighted by Gasteiger charge is 2.29. The fourth-order valence-corrected chi connectivity index (χ4v) is 3.38. The Kier molecular flexibility index (Phi) is 4.69. The van der Waals surface area contributed by atoms with Crippen molar-refractivity contribution in [3.05, 3.63) is 66.2 Å². The Balaban J connectivity index is 1.35. The van der Waals surface area contributed by atoms with Gasteiger partial charge >= 0.3 is 0 Å². The van der Waals surface area contributed by atoms with E-state index in [1.54, 1.807) is 24.4 Å². The molecule has 2 N–H and O–H groups in total. The number of rotatable bonds is 4. The second-order valence-corrected chi connectivity index (χ2v) is 6.64. The molecule has 2 atom stereocenters. The predicted octanol–water partition coefficient (Wildman–Crippen LogP) is 2.19. The number of carbonyl (C=O) groups is 1. The number of aromatic nitrogens is 1. The molecule has 26 heavy (non-hydrogen) atoms. The van der Waals surface area contributed by atoms with E-state index in [4.69, 9.17) is 4.42 Å². The third-order valence-electron chi connectivity index (χ3n) is 4.74. The number of aliphatic hydroxyl groups excluding tert-OH is 1. The Labute approximate surface area is 151 Å². The van der Waals surface area contributed by atoms with E-state index in [0.717, 1.165) is 23.3 Å². The van der Waals surface area contributed by atoms with Crippen molar-refractivity contribution in [1.29, 1.82) is 0 Å². The fourth-order valence-electron chi connectivity index (χ4n) is 3.38. The molecule has 2 aromatic heterocycles. The summed E-state index contributed by atoms with van der Waals surface area (Å²) >= 11 is 0. The van der Waals surface area contributed by atoms with Gasteiger partial charge in [0.1, 0.15) is 17.0 Å². The summed E-state index contributed by atoms with van der Waals surface area (Å²) in [4.78, 5) is 18.4. The number of carbonyl (C=O) groups excluding carboxylic acids is 1. The molecule has 0 unspecified atom stereocenters. The molecule has 1 aliphatic rings. The quantitative estimate of drug-likeness (QED) is 0.753. The third-order valence-corrected chi connectivity index (χ3v) is 4.74. The van der Waals surface area contributed by atoms with Crippen molar-refractivity contribution in [2.45, 2.75) is 25.1 Å². The van der Waals surface area contributed by atoms with Crippen LogP contribution in [0.5, 0.6) is 0 Å². The van der Waals surface area contributed by atoms with Crippen LogP contribution in [-0.2, 0) is 6.54 Å². The molecular formula is C20H21N3O3. The molecule has 0 saturated carbocycles. The van der Waals surface area contributed by atoms with E-state index in [1.807, 2.05) is 30.3 Å². The van der Waals surface area contributed by atoms with Crippen LogP contribution in [0.2, 0.25) is 0 Å². The first-order valence-corrected chi connectivity index (χ1v) is 8.79. The van der Waals surface area contributed by atoms with Crippen molar-refractivity contribution in [1.82, 2.24) is 15.2 Å². The van der Waals surface area contributed by atoms with Crippen LogP contribution in [0.3, 0.4) is 0 Å². The Morgan fingerprint density at radius 2 is 2.12 bits per heavy atom. The van der Waals surface area contributed by atoms with Gasteiger partial charge in [-0.1, -0.05) is 24.3 Å². The zero-order valence-corrected chi connectivity index (χ0v) is 14.3. The molecule has 1 fully saturated rings. The first kappa shape index (κ1) is 16.8. The molecule has 0 spiro atoms. The van der Waals surface area contributed by atoms with E-state index < -0.39 is 6.10 Å². The van der Waals surface area contributed by atoms with Gasteiger partial charge in [0.15, 0.2) is 0 Å². The second kappa shape index (κ2) is 7.27. The number of nitrogens with one attached hydrogen (secondary N) is 1. The number of hydrogen-bond donors (Lipinski definition) is 2. The van der Waals surface area contributed by atoms with Crippen LogP contribution in [0.4, 0.5) is 0 Å². The predicted molar refractivity (Wildman–Crippen MR) is 97.6 cm³/mol. The average Bonchev–Trinajstić information content (AvgIpc) is 3.07. The summed E-state index contributed by atoms with van der Waals surface area (Å²) in [6.07, 6.45) is 1.64. The number of pyridine rings is 1. The van der Waals surface area contributed by atoms with Gasteiger partial charge in [0.05, 0.1) is 18.7 Å². The number of likely N-dealkylation sites (tertiary alicyclic amines) is 1. The topological polar surface area (TPSA) is 78.6 Å². The van der Waals surface area contributed by atoms with Crippen molar-refractivity contribution in [2.75, 3.05) is 13.1 Å². The van der Waals surface area contributed by atoms with Crippen LogP contribution in [0.1, 0.15) is 22.7 Å². The first-order valence-electron chi connectivity index (χ1n) is 8.79. The molecule has 1 aliphatic heterocycles. The van der Waals surface area contributed by atoms with Gasteiger partial charge in [0.25, 0.3) is 5.91 Å². The molecule has 6 nitrogen and oxygen atoms in total. The first-order chi connectivity index (χ1) is 12.7. The summed E-state index contributed by atoms with van der Waals surface area (Å²) in [6, 6.07) is 14.9. The zero-order chi connectivity index (χ0) is 17.9. The highest BCUT2D eigenvalue weighted by molar-refractivity contribution is 5.92. The van der Waals surface area contributed by atoms with Crippen molar-refractivity contribution in [3.8, 4) is 0 Å². The average molecular weight is 351 g/mol. The van der Waals surface area contributed by atoms with Crippen molar-refractivity contribution < 1.29 is 14.3 Å². The van der Waals surface area contributed by atoms with Gasteiger partial charge in [-0.15, -0.1) is 0 Å². The smallest absolute Gasteiger partial charge is 0.270 e. The van der Waals surface area contributed by atoms with Crippen molar-refractivity contribution >= 4 is 16.9 Å². The molecule has 0 bridgehead atoms. The van der Waals surface area contributed by atoms with Crippen LogP contribution < -0.4 is 5.32 Å².